The minimum Gasteiger partial charge on any atom is -0.452 e. The summed E-state index contributed by atoms with van der Waals surface area (Å²) in [6.07, 6.45) is 1.59. The molecule has 7 nitrogen and oxygen atoms in total. The number of ketones is 1. The Morgan fingerprint density at radius 2 is 2.00 bits per heavy atom. The fourth-order valence-electron chi connectivity index (χ4n) is 2.99. The van der Waals surface area contributed by atoms with Crippen LogP contribution in [0, 0.1) is 0 Å². The Bertz CT molecular complexity index is 1210. The van der Waals surface area contributed by atoms with Crippen LogP contribution in [0.15, 0.2) is 58.8 Å². The van der Waals surface area contributed by atoms with Crippen LogP contribution in [0.25, 0.3) is 6.08 Å². The SMILES string of the molecule is O=C(CCc1cc(Cl)no1)Oc1ccc2c(c1)O/C(=C\c1ccccc1OC(F)F)C2=O. The quantitative estimate of drug-likeness (QED) is 0.275. The van der Waals surface area contributed by atoms with Crippen LogP contribution in [0.4, 0.5) is 8.78 Å². The molecule has 0 N–H and O–H groups in total. The lowest BCUT2D eigenvalue weighted by molar-refractivity contribution is -0.134. The maximum absolute atomic E-state index is 12.6. The zero-order valence-corrected chi connectivity index (χ0v) is 17.0. The number of alkyl halides is 2. The number of rotatable bonds is 7. The Morgan fingerprint density at radius 1 is 1.19 bits per heavy atom. The molecule has 10 heteroatoms. The van der Waals surface area contributed by atoms with Crippen LogP contribution in [0.3, 0.4) is 0 Å². The highest BCUT2D eigenvalue weighted by atomic mass is 35.5. The summed E-state index contributed by atoms with van der Waals surface area (Å²) in [6.45, 7) is -3.01. The first kappa shape index (κ1) is 21.5. The zero-order valence-electron chi connectivity index (χ0n) is 16.2. The van der Waals surface area contributed by atoms with Crippen LogP contribution in [0.2, 0.25) is 5.15 Å². The number of para-hydroxylation sites is 1. The van der Waals surface area contributed by atoms with Crippen molar-refractivity contribution in [1.82, 2.24) is 5.16 Å². The molecule has 0 saturated carbocycles. The Balaban J connectivity index is 1.45. The van der Waals surface area contributed by atoms with Crippen LogP contribution < -0.4 is 14.2 Å². The molecule has 4 rings (SSSR count). The van der Waals surface area contributed by atoms with Crippen molar-refractivity contribution in [3.05, 3.63) is 76.3 Å². The minimum atomic E-state index is -3.01. The number of carbonyl (C=O) groups is 2. The lowest BCUT2D eigenvalue weighted by Gasteiger charge is -2.08. The van der Waals surface area contributed by atoms with Crippen molar-refractivity contribution in [3.63, 3.8) is 0 Å². The zero-order chi connectivity index (χ0) is 22.7. The number of Topliss-reactive ketones (excluding diaryl/α,β-unsaturated/α-hetero) is 1. The molecule has 0 fully saturated rings. The maximum atomic E-state index is 12.6. The lowest BCUT2D eigenvalue weighted by Crippen LogP contribution is -2.08. The second kappa shape index (κ2) is 9.19. The molecule has 2 heterocycles. The van der Waals surface area contributed by atoms with Gasteiger partial charge in [0.2, 0.25) is 5.78 Å². The van der Waals surface area contributed by atoms with E-state index in [0.29, 0.717) is 5.76 Å². The lowest BCUT2D eigenvalue weighted by atomic mass is 10.1. The average Bonchev–Trinajstić information content (AvgIpc) is 3.30. The predicted molar refractivity (Wildman–Crippen MR) is 108 cm³/mol. The topological polar surface area (TPSA) is 87.9 Å². The van der Waals surface area contributed by atoms with Crippen LogP contribution in [0.1, 0.15) is 28.1 Å². The molecule has 0 amide bonds. The summed E-state index contributed by atoms with van der Waals surface area (Å²) >= 11 is 5.66. The second-order valence-corrected chi connectivity index (χ2v) is 6.99. The van der Waals surface area contributed by atoms with Gasteiger partial charge in [-0.15, -0.1) is 0 Å². The van der Waals surface area contributed by atoms with E-state index in [4.69, 9.17) is 25.6 Å². The summed E-state index contributed by atoms with van der Waals surface area (Å²) in [5.41, 5.74) is 0.503. The van der Waals surface area contributed by atoms with Crippen LogP contribution in [0.5, 0.6) is 17.2 Å². The molecule has 1 aliphatic heterocycles. The molecule has 164 valence electrons. The molecule has 2 aromatic carbocycles. The van der Waals surface area contributed by atoms with Gasteiger partial charge in [-0.1, -0.05) is 35.0 Å². The number of nitrogens with zero attached hydrogens (tertiary/aromatic N) is 1. The third kappa shape index (κ3) is 4.94. The van der Waals surface area contributed by atoms with Gasteiger partial charge in [0, 0.05) is 24.1 Å². The van der Waals surface area contributed by atoms with E-state index in [1.54, 1.807) is 6.07 Å². The summed E-state index contributed by atoms with van der Waals surface area (Å²) in [6, 6.07) is 11.8. The number of aromatic nitrogens is 1. The van der Waals surface area contributed by atoms with E-state index >= 15 is 0 Å². The van der Waals surface area contributed by atoms with Crippen LogP contribution >= 0.6 is 11.6 Å². The van der Waals surface area contributed by atoms with Gasteiger partial charge in [0.05, 0.1) is 12.0 Å². The molecular weight excluding hydrogens is 448 g/mol. The Morgan fingerprint density at radius 3 is 2.75 bits per heavy atom. The van der Waals surface area contributed by atoms with Crippen molar-refractivity contribution in [3.8, 4) is 17.2 Å². The van der Waals surface area contributed by atoms with Gasteiger partial charge in [-0.3, -0.25) is 9.59 Å². The van der Waals surface area contributed by atoms with Crippen LogP contribution in [-0.4, -0.2) is 23.5 Å². The number of fused-ring (bicyclic) bond motifs is 1. The molecule has 0 aliphatic carbocycles. The number of esters is 1. The number of aryl methyl sites for hydroxylation is 1. The van der Waals surface area contributed by atoms with Gasteiger partial charge >= 0.3 is 12.6 Å². The third-order valence-electron chi connectivity index (χ3n) is 4.40. The fraction of sp³-hybridized carbons (Fsp3) is 0.136. The summed E-state index contributed by atoms with van der Waals surface area (Å²) in [4.78, 5) is 24.7. The highest BCUT2D eigenvalue weighted by Crippen LogP contribution is 2.36. The predicted octanol–water partition coefficient (Wildman–Crippen LogP) is 5.08. The highest BCUT2D eigenvalue weighted by Gasteiger charge is 2.28. The van der Waals surface area contributed by atoms with E-state index in [1.165, 1.54) is 48.5 Å². The van der Waals surface area contributed by atoms with E-state index in [2.05, 4.69) is 9.89 Å². The maximum Gasteiger partial charge on any atom is 0.387 e. The van der Waals surface area contributed by atoms with Crippen molar-refractivity contribution in [2.75, 3.05) is 0 Å². The molecule has 32 heavy (non-hydrogen) atoms. The number of halogens is 3. The number of allylic oxidation sites excluding steroid dienone is 1. The van der Waals surface area contributed by atoms with Gasteiger partial charge in [0.25, 0.3) is 0 Å². The molecule has 0 radical (unpaired) electrons. The highest BCUT2D eigenvalue weighted by molar-refractivity contribution is 6.29. The van der Waals surface area contributed by atoms with Gasteiger partial charge in [-0.05, 0) is 24.3 Å². The van der Waals surface area contributed by atoms with Crippen molar-refractivity contribution in [1.29, 1.82) is 0 Å². The largest absolute Gasteiger partial charge is 0.452 e. The molecule has 0 atom stereocenters. The summed E-state index contributed by atoms with van der Waals surface area (Å²) < 4.78 is 45.5. The van der Waals surface area contributed by atoms with Crippen LogP contribution in [-0.2, 0) is 11.2 Å². The second-order valence-electron chi connectivity index (χ2n) is 6.60. The van der Waals surface area contributed by atoms with E-state index in [-0.39, 0.29) is 52.1 Å². The Kier molecular flexibility index (Phi) is 6.18. The third-order valence-corrected chi connectivity index (χ3v) is 4.58. The number of hydrogen-bond donors (Lipinski definition) is 0. The molecule has 0 saturated heterocycles. The number of hydrogen-bond acceptors (Lipinski definition) is 7. The summed E-state index contributed by atoms with van der Waals surface area (Å²) in [5, 5.41) is 3.72. The van der Waals surface area contributed by atoms with E-state index in [1.807, 2.05) is 0 Å². The number of carbonyl (C=O) groups excluding carboxylic acids is 2. The number of ether oxygens (including phenoxy) is 3. The minimum absolute atomic E-state index is 0.0223. The Hall–Kier alpha value is -3.72. The molecule has 0 spiro atoms. The van der Waals surface area contributed by atoms with Crippen molar-refractivity contribution < 1.29 is 37.1 Å². The van der Waals surface area contributed by atoms with E-state index in [9.17, 15) is 18.4 Å². The van der Waals surface area contributed by atoms with Gasteiger partial charge in [-0.25, -0.2) is 0 Å². The van der Waals surface area contributed by atoms with Gasteiger partial charge < -0.3 is 18.7 Å². The number of benzene rings is 2. The van der Waals surface area contributed by atoms with Gasteiger partial charge in [-0.2, -0.15) is 8.78 Å². The first-order valence-corrected chi connectivity index (χ1v) is 9.71. The monoisotopic (exact) mass is 461 g/mol. The molecule has 3 aromatic rings. The summed E-state index contributed by atoms with van der Waals surface area (Å²) in [7, 11) is 0. The normalized spacial score (nSPS) is 13.9. The van der Waals surface area contributed by atoms with Crippen molar-refractivity contribution in [2.45, 2.75) is 19.5 Å². The summed E-state index contributed by atoms with van der Waals surface area (Å²) in [5.74, 6) is -0.329. The molecule has 1 aliphatic rings. The van der Waals surface area contributed by atoms with Crippen molar-refractivity contribution in [2.24, 2.45) is 0 Å². The average molecular weight is 462 g/mol. The first-order chi connectivity index (χ1) is 15.4. The standard InChI is InChI=1S/C22H14ClF2NO6/c23-19-11-14(32-26-19)6-8-20(27)29-13-5-7-15-17(10-13)30-18(21(15)28)9-12-3-1-2-4-16(12)31-22(24)25/h1-5,7,9-11,22H,6,8H2/b18-9-. The van der Waals surface area contributed by atoms with Gasteiger partial charge in [0.15, 0.2) is 10.9 Å². The molecule has 0 bridgehead atoms. The molecule has 1 aromatic heterocycles. The van der Waals surface area contributed by atoms with Gasteiger partial charge in [0.1, 0.15) is 23.0 Å². The molecule has 0 unspecified atom stereocenters. The first-order valence-electron chi connectivity index (χ1n) is 9.33. The van der Waals surface area contributed by atoms with E-state index < -0.39 is 18.4 Å². The smallest absolute Gasteiger partial charge is 0.387 e. The van der Waals surface area contributed by atoms with Crippen molar-refractivity contribution >= 4 is 29.4 Å². The fourth-order valence-corrected chi connectivity index (χ4v) is 3.14. The van der Waals surface area contributed by atoms with E-state index in [0.717, 1.165) is 0 Å². The molecular formula is C22H14ClF2NO6. The Labute approximate surface area is 185 Å².